The minimum Gasteiger partial charge on any atom is -0.488 e. The summed E-state index contributed by atoms with van der Waals surface area (Å²) >= 11 is 7.35. The molecule has 0 bridgehead atoms. The van der Waals surface area contributed by atoms with Crippen molar-refractivity contribution in [1.82, 2.24) is 0 Å². The Balaban J connectivity index is 1.89. The van der Waals surface area contributed by atoms with E-state index < -0.39 is 0 Å². The molecule has 2 rings (SSSR count). The first kappa shape index (κ1) is 13.9. The first-order valence-corrected chi connectivity index (χ1v) is 6.89. The van der Waals surface area contributed by atoms with Crippen molar-refractivity contribution >= 4 is 28.9 Å². The standard InChI is InChI=1S/C14H13ClO3S/c1-17-14(16)8-10-2-4-11(5-3-10)18-9-12-6-7-13(15)19-12/h2-7H,8-9H2,1H3. The van der Waals surface area contributed by atoms with Gasteiger partial charge in [-0.2, -0.15) is 0 Å². The largest absolute Gasteiger partial charge is 0.488 e. The molecule has 0 fully saturated rings. The Bertz CT molecular complexity index is 548. The molecule has 0 N–H and O–H groups in total. The number of carbonyl (C=O) groups excluding carboxylic acids is 1. The number of benzene rings is 1. The number of thiophene rings is 1. The second-order valence-electron chi connectivity index (χ2n) is 3.89. The maximum atomic E-state index is 11.1. The molecule has 1 aromatic heterocycles. The monoisotopic (exact) mass is 296 g/mol. The van der Waals surface area contributed by atoms with E-state index in [1.54, 1.807) is 0 Å². The zero-order valence-electron chi connectivity index (χ0n) is 10.4. The molecular formula is C14H13ClO3S. The van der Waals surface area contributed by atoms with E-state index in [4.69, 9.17) is 16.3 Å². The number of hydrogen-bond acceptors (Lipinski definition) is 4. The van der Waals surface area contributed by atoms with Gasteiger partial charge in [0.15, 0.2) is 0 Å². The van der Waals surface area contributed by atoms with Gasteiger partial charge in [0.2, 0.25) is 0 Å². The molecule has 0 saturated heterocycles. The highest BCUT2D eigenvalue weighted by Gasteiger charge is 2.03. The number of halogens is 1. The number of esters is 1. The lowest BCUT2D eigenvalue weighted by molar-refractivity contribution is -0.139. The molecule has 0 amide bonds. The van der Waals surface area contributed by atoms with Gasteiger partial charge in [0, 0.05) is 4.88 Å². The summed E-state index contributed by atoms with van der Waals surface area (Å²) in [5, 5.41) is 0. The van der Waals surface area contributed by atoms with Gasteiger partial charge in [-0.1, -0.05) is 23.7 Å². The molecule has 0 aliphatic heterocycles. The molecule has 19 heavy (non-hydrogen) atoms. The van der Waals surface area contributed by atoms with Crippen molar-refractivity contribution < 1.29 is 14.3 Å². The Morgan fingerprint density at radius 2 is 1.95 bits per heavy atom. The topological polar surface area (TPSA) is 35.5 Å². The number of hydrogen-bond donors (Lipinski definition) is 0. The Hall–Kier alpha value is -1.52. The highest BCUT2D eigenvalue weighted by Crippen LogP contribution is 2.23. The van der Waals surface area contributed by atoms with Gasteiger partial charge in [0.05, 0.1) is 17.9 Å². The van der Waals surface area contributed by atoms with E-state index in [2.05, 4.69) is 4.74 Å². The predicted molar refractivity (Wildman–Crippen MR) is 75.8 cm³/mol. The summed E-state index contributed by atoms with van der Waals surface area (Å²) < 4.78 is 11.0. The van der Waals surface area contributed by atoms with Crippen LogP contribution in [0.1, 0.15) is 10.4 Å². The Kier molecular flexibility index (Phi) is 4.82. The summed E-state index contributed by atoms with van der Waals surface area (Å²) in [5.74, 6) is 0.514. The molecular weight excluding hydrogens is 284 g/mol. The number of methoxy groups -OCH3 is 1. The lowest BCUT2D eigenvalue weighted by atomic mass is 10.1. The molecule has 0 aliphatic carbocycles. The van der Waals surface area contributed by atoms with Crippen LogP contribution < -0.4 is 4.74 Å². The molecule has 0 atom stereocenters. The average Bonchev–Trinajstić information content (AvgIpc) is 2.83. The summed E-state index contributed by atoms with van der Waals surface area (Å²) in [4.78, 5) is 12.2. The second-order valence-corrected chi connectivity index (χ2v) is 5.69. The number of ether oxygens (including phenoxy) is 2. The van der Waals surface area contributed by atoms with Crippen LogP contribution in [-0.2, 0) is 22.6 Å². The summed E-state index contributed by atoms with van der Waals surface area (Å²) in [6, 6.07) is 11.2. The van der Waals surface area contributed by atoms with Crippen LogP contribution in [0.25, 0.3) is 0 Å². The molecule has 2 aromatic rings. The van der Waals surface area contributed by atoms with E-state index >= 15 is 0 Å². The van der Waals surface area contributed by atoms with Crippen LogP contribution >= 0.6 is 22.9 Å². The molecule has 0 radical (unpaired) electrons. The third-order valence-corrected chi connectivity index (χ3v) is 3.71. The average molecular weight is 297 g/mol. The van der Waals surface area contributed by atoms with Gasteiger partial charge >= 0.3 is 5.97 Å². The fourth-order valence-corrected chi connectivity index (χ4v) is 2.53. The minimum atomic E-state index is -0.248. The van der Waals surface area contributed by atoms with Crippen LogP contribution in [0, 0.1) is 0 Å². The molecule has 1 heterocycles. The SMILES string of the molecule is COC(=O)Cc1ccc(OCc2ccc(Cl)s2)cc1. The van der Waals surface area contributed by atoms with Gasteiger partial charge in [0.1, 0.15) is 12.4 Å². The van der Waals surface area contributed by atoms with Crippen molar-refractivity contribution in [3.63, 3.8) is 0 Å². The minimum absolute atomic E-state index is 0.248. The van der Waals surface area contributed by atoms with Crippen LogP contribution in [-0.4, -0.2) is 13.1 Å². The van der Waals surface area contributed by atoms with E-state index in [0.717, 1.165) is 20.5 Å². The molecule has 0 spiro atoms. The van der Waals surface area contributed by atoms with Crippen LogP contribution in [0.4, 0.5) is 0 Å². The number of rotatable bonds is 5. The summed E-state index contributed by atoms with van der Waals surface area (Å²) in [7, 11) is 1.38. The first-order chi connectivity index (χ1) is 9.17. The fourth-order valence-electron chi connectivity index (χ4n) is 1.53. The Labute approximate surface area is 120 Å². The van der Waals surface area contributed by atoms with Crippen LogP contribution in [0.5, 0.6) is 5.75 Å². The lowest BCUT2D eigenvalue weighted by Crippen LogP contribution is -2.04. The smallest absolute Gasteiger partial charge is 0.309 e. The van der Waals surface area contributed by atoms with E-state index in [-0.39, 0.29) is 12.4 Å². The van der Waals surface area contributed by atoms with Crippen LogP contribution in [0.15, 0.2) is 36.4 Å². The van der Waals surface area contributed by atoms with Crippen molar-refractivity contribution in [2.75, 3.05) is 7.11 Å². The van der Waals surface area contributed by atoms with E-state index in [1.807, 2.05) is 36.4 Å². The lowest BCUT2D eigenvalue weighted by Gasteiger charge is -2.05. The van der Waals surface area contributed by atoms with Crippen molar-refractivity contribution in [2.45, 2.75) is 13.0 Å². The van der Waals surface area contributed by atoms with Gasteiger partial charge < -0.3 is 9.47 Å². The maximum Gasteiger partial charge on any atom is 0.309 e. The quantitative estimate of drug-likeness (QED) is 0.789. The van der Waals surface area contributed by atoms with E-state index in [9.17, 15) is 4.79 Å². The van der Waals surface area contributed by atoms with Gasteiger partial charge in [-0.15, -0.1) is 11.3 Å². The fraction of sp³-hybridized carbons (Fsp3) is 0.214. The molecule has 100 valence electrons. The Morgan fingerprint density at radius 3 is 2.53 bits per heavy atom. The second kappa shape index (κ2) is 6.59. The zero-order chi connectivity index (χ0) is 13.7. The van der Waals surface area contributed by atoms with Gasteiger partial charge in [0.25, 0.3) is 0 Å². The molecule has 0 unspecified atom stereocenters. The van der Waals surface area contributed by atoms with E-state index in [0.29, 0.717) is 6.61 Å². The van der Waals surface area contributed by atoms with Crippen molar-refractivity contribution in [3.8, 4) is 5.75 Å². The van der Waals surface area contributed by atoms with E-state index in [1.165, 1.54) is 18.4 Å². The van der Waals surface area contributed by atoms with Crippen molar-refractivity contribution in [1.29, 1.82) is 0 Å². The van der Waals surface area contributed by atoms with Crippen molar-refractivity contribution in [3.05, 3.63) is 51.2 Å². The van der Waals surface area contributed by atoms with Gasteiger partial charge in [-0.3, -0.25) is 4.79 Å². The predicted octanol–water partition coefficient (Wildman–Crippen LogP) is 3.70. The third kappa shape index (κ3) is 4.26. The molecule has 0 aliphatic rings. The molecule has 0 saturated carbocycles. The van der Waals surface area contributed by atoms with Crippen LogP contribution in [0.2, 0.25) is 4.34 Å². The normalized spacial score (nSPS) is 10.2. The van der Waals surface area contributed by atoms with Crippen molar-refractivity contribution in [2.24, 2.45) is 0 Å². The molecule has 3 nitrogen and oxygen atoms in total. The third-order valence-electron chi connectivity index (χ3n) is 2.51. The number of carbonyl (C=O) groups is 1. The summed E-state index contributed by atoms with van der Waals surface area (Å²) in [6.07, 6.45) is 0.275. The maximum absolute atomic E-state index is 11.1. The zero-order valence-corrected chi connectivity index (χ0v) is 12.0. The van der Waals surface area contributed by atoms with Crippen LogP contribution in [0.3, 0.4) is 0 Å². The first-order valence-electron chi connectivity index (χ1n) is 5.70. The highest BCUT2D eigenvalue weighted by atomic mass is 35.5. The molecule has 1 aromatic carbocycles. The Morgan fingerprint density at radius 1 is 1.21 bits per heavy atom. The highest BCUT2D eigenvalue weighted by molar-refractivity contribution is 7.16. The van der Waals surface area contributed by atoms with Gasteiger partial charge in [-0.05, 0) is 29.8 Å². The van der Waals surface area contributed by atoms with Gasteiger partial charge in [-0.25, -0.2) is 0 Å². The summed E-state index contributed by atoms with van der Waals surface area (Å²) in [6.45, 7) is 0.494. The molecule has 5 heteroatoms. The summed E-state index contributed by atoms with van der Waals surface area (Å²) in [5.41, 5.74) is 0.901.